The Kier molecular flexibility index (Phi) is 4.98. The zero-order valence-corrected chi connectivity index (χ0v) is 13.8. The van der Waals surface area contributed by atoms with Gasteiger partial charge in [-0.15, -0.1) is 11.3 Å². The van der Waals surface area contributed by atoms with Gasteiger partial charge >= 0.3 is 0 Å². The van der Waals surface area contributed by atoms with Gasteiger partial charge in [0.25, 0.3) is 0 Å². The Bertz CT molecular complexity index is 668. The molecule has 1 heterocycles. The van der Waals surface area contributed by atoms with E-state index in [4.69, 9.17) is 10.00 Å². The van der Waals surface area contributed by atoms with E-state index in [0.717, 1.165) is 26.9 Å². The van der Waals surface area contributed by atoms with Crippen LogP contribution in [0.2, 0.25) is 0 Å². The van der Waals surface area contributed by atoms with Crippen LogP contribution in [0, 0.1) is 25.2 Å². The van der Waals surface area contributed by atoms with Gasteiger partial charge in [-0.2, -0.15) is 5.26 Å². The number of benzene rings is 1. The van der Waals surface area contributed by atoms with Crippen molar-refractivity contribution < 1.29 is 4.74 Å². The molecule has 0 atom stereocenters. The van der Waals surface area contributed by atoms with Gasteiger partial charge in [0.05, 0.1) is 18.2 Å². The van der Waals surface area contributed by atoms with E-state index in [1.807, 2.05) is 12.1 Å². The van der Waals surface area contributed by atoms with Crippen molar-refractivity contribution in [3.05, 3.63) is 44.9 Å². The summed E-state index contributed by atoms with van der Waals surface area (Å²) in [6.07, 6.45) is 0.425. The Labute approximate surface area is 130 Å². The van der Waals surface area contributed by atoms with Crippen LogP contribution in [0.4, 0.5) is 0 Å². The van der Waals surface area contributed by atoms with Gasteiger partial charge in [-0.1, -0.05) is 26.0 Å². The summed E-state index contributed by atoms with van der Waals surface area (Å²) in [7, 11) is 0. The lowest BCUT2D eigenvalue weighted by molar-refractivity contribution is 0.303. The molecule has 21 heavy (non-hydrogen) atoms. The van der Waals surface area contributed by atoms with E-state index < -0.39 is 0 Å². The molecule has 0 aliphatic rings. The fourth-order valence-corrected chi connectivity index (χ4v) is 3.21. The predicted octanol–water partition coefficient (Wildman–Crippen LogP) is 4.53. The second-order valence-electron chi connectivity index (χ2n) is 5.39. The molecule has 0 saturated heterocycles. The van der Waals surface area contributed by atoms with Crippen molar-refractivity contribution in [2.24, 2.45) is 0 Å². The number of thiazole rings is 1. The van der Waals surface area contributed by atoms with Gasteiger partial charge in [-0.25, -0.2) is 4.98 Å². The second-order valence-corrected chi connectivity index (χ2v) is 6.56. The molecule has 3 nitrogen and oxygen atoms in total. The standard InChI is InChI=1S/C17H20N2OS/c1-11(2)17-15(8-9-18)21-16(19-17)10-20-14-7-5-6-12(3)13(14)4/h5-7,11H,8,10H2,1-4H3. The Morgan fingerprint density at radius 1 is 1.33 bits per heavy atom. The van der Waals surface area contributed by atoms with Crippen molar-refractivity contribution in [2.75, 3.05) is 0 Å². The summed E-state index contributed by atoms with van der Waals surface area (Å²) in [5, 5.41) is 9.84. The Hall–Kier alpha value is -1.86. The summed E-state index contributed by atoms with van der Waals surface area (Å²) in [6, 6.07) is 8.27. The molecule has 4 heteroatoms. The van der Waals surface area contributed by atoms with E-state index in [9.17, 15) is 0 Å². The highest BCUT2D eigenvalue weighted by molar-refractivity contribution is 7.11. The van der Waals surface area contributed by atoms with Crippen LogP contribution in [0.1, 0.15) is 46.5 Å². The van der Waals surface area contributed by atoms with Crippen molar-refractivity contribution >= 4 is 11.3 Å². The minimum Gasteiger partial charge on any atom is -0.486 e. The molecule has 1 aromatic carbocycles. The maximum absolute atomic E-state index is 8.91. The molecule has 0 unspecified atom stereocenters. The van der Waals surface area contributed by atoms with E-state index >= 15 is 0 Å². The summed E-state index contributed by atoms with van der Waals surface area (Å²) in [5.74, 6) is 1.23. The first kappa shape index (κ1) is 15.5. The lowest BCUT2D eigenvalue weighted by atomic mass is 10.1. The lowest BCUT2D eigenvalue weighted by Gasteiger charge is -2.09. The molecule has 110 valence electrons. The minimum atomic E-state index is 0.332. The van der Waals surface area contributed by atoms with Crippen molar-refractivity contribution in [3.8, 4) is 11.8 Å². The zero-order valence-electron chi connectivity index (χ0n) is 12.9. The van der Waals surface area contributed by atoms with Crippen LogP contribution in [-0.4, -0.2) is 4.98 Å². The quantitative estimate of drug-likeness (QED) is 0.815. The summed E-state index contributed by atoms with van der Waals surface area (Å²) in [4.78, 5) is 5.70. The largest absolute Gasteiger partial charge is 0.486 e. The highest BCUT2D eigenvalue weighted by atomic mass is 32.1. The van der Waals surface area contributed by atoms with Crippen molar-refractivity contribution in [3.63, 3.8) is 0 Å². The number of rotatable bonds is 5. The average molecular weight is 300 g/mol. The fraction of sp³-hybridized carbons (Fsp3) is 0.412. The molecule has 2 rings (SSSR count). The van der Waals surface area contributed by atoms with Crippen molar-refractivity contribution in [2.45, 2.75) is 46.6 Å². The smallest absolute Gasteiger partial charge is 0.140 e. The normalized spacial score (nSPS) is 10.7. The van der Waals surface area contributed by atoms with E-state index in [-0.39, 0.29) is 0 Å². The molecule has 0 radical (unpaired) electrons. The third-order valence-electron chi connectivity index (χ3n) is 3.46. The van der Waals surface area contributed by atoms with Crippen LogP contribution in [-0.2, 0) is 13.0 Å². The molecule has 0 saturated carbocycles. The number of hydrogen-bond acceptors (Lipinski definition) is 4. The minimum absolute atomic E-state index is 0.332. The van der Waals surface area contributed by atoms with Crippen LogP contribution < -0.4 is 4.74 Å². The first-order valence-corrected chi connectivity index (χ1v) is 7.89. The van der Waals surface area contributed by atoms with Crippen molar-refractivity contribution in [1.82, 2.24) is 4.98 Å². The Balaban J connectivity index is 2.15. The maximum Gasteiger partial charge on any atom is 0.140 e. The Morgan fingerprint density at radius 2 is 2.10 bits per heavy atom. The summed E-state index contributed by atoms with van der Waals surface area (Å²) < 4.78 is 5.89. The van der Waals surface area contributed by atoms with E-state index in [1.54, 1.807) is 11.3 Å². The molecule has 0 aliphatic carbocycles. The molecule has 0 amide bonds. The van der Waals surface area contributed by atoms with Crippen LogP contribution in [0.3, 0.4) is 0 Å². The first-order chi connectivity index (χ1) is 10.0. The van der Waals surface area contributed by atoms with Gasteiger partial charge in [0.1, 0.15) is 17.4 Å². The van der Waals surface area contributed by atoms with Crippen molar-refractivity contribution in [1.29, 1.82) is 5.26 Å². The van der Waals surface area contributed by atoms with Gasteiger partial charge in [0.2, 0.25) is 0 Å². The monoisotopic (exact) mass is 300 g/mol. The topological polar surface area (TPSA) is 45.9 Å². The van der Waals surface area contributed by atoms with Crippen LogP contribution in [0.25, 0.3) is 0 Å². The Morgan fingerprint density at radius 3 is 2.76 bits per heavy atom. The molecule has 1 aromatic heterocycles. The zero-order chi connectivity index (χ0) is 15.4. The molecule has 0 aliphatic heterocycles. The summed E-state index contributed by atoms with van der Waals surface area (Å²) >= 11 is 1.58. The molecule has 0 fully saturated rings. The van der Waals surface area contributed by atoms with Gasteiger partial charge in [-0.05, 0) is 37.0 Å². The number of aryl methyl sites for hydroxylation is 1. The van der Waals surface area contributed by atoms with E-state index in [1.165, 1.54) is 5.56 Å². The van der Waals surface area contributed by atoms with Gasteiger partial charge in [0.15, 0.2) is 0 Å². The highest BCUT2D eigenvalue weighted by Crippen LogP contribution is 2.27. The number of ether oxygens (including phenoxy) is 1. The molecule has 0 bridgehead atoms. The van der Waals surface area contributed by atoms with Gasteiger partial charge in [-0.3, -0.25) is 0 Å². The van der Waals surface area contributed by atoms with E-state index in [0.29, 0.717) is 18.9 Å². The molecule has 2 aromatic rings. The summed E-state index contributed by atoms with van der Waals surface area (Å²) in [6.45, 7) is 8.80. The number of nitriles is 1. The second kappa shape index (κ2) is 6.73. The molecule has 0 spiro atoms. The highest BCUT2D eigenvalue weighted by Gasteiger charge is 2.14. The third-order valence-corrected chi connectivity index (χ3v) is 4.51. The maximum atomic E-state index is 8.91. The van der Waals surface area contributed by atoms with Crippen LogP contribution >= 0.6 is 11.3 Å². The summed E-state index contributed by atoms with van der Waals surface area (Å²) in [5.41, 5.74) is 3.41. The molecular formula is C17H20N2OS. The fourth-order valence-electron chi connectivity index (χ4n) is 2.15. The third kappa shape index (κ3) is 3.62. The van der Waals surface area contributed by atoms with Gasteiger partial charge < -0.3 is 4.74 Å². The first-order valence-electron chi connectivity index (χ1n) is 7.07. The molecule has 0 N–H and O–H groups in total. The molecular weight excluding hydrogens is 280 g/mol. The number of aromatic nitrogens is 1. The SMILES string of the molecule is Cc1cccc(OCc2nc(C(C)C)c(CC#N)s2)c1C. The lowest BCUT2D eigenvalue weighted by Crippen LogP contribution is -1.98. The van der Waals surface area contributed by atoms with Gasteiger partial charge in [0, 0.05) is 4.88 Å². The van der Waals surface area contributed by atoms with Crippen LogP contribution in [0.5, 0.6) is 5.75 Å². The number of nitrogens with zero attached hydrogens (tertiary/aromatic N) is 2. The average Bonchev–Trinajstić information content (AvgIpc) is 2.84. The number of hydrogen-bond donors (Lipinski definition) is 0. The van der Waals surface area contributed by atoms with E-state index in [2.05, 4.69) is 44.8 Å². The van der Waals surface area contributed by atoms with Crippen LogP contribution in [0.15, 0.2) is 18.2 Å². The predicted molar refractivity (Wildman–Crippen MR) is 85.8 cm³/mol.